The summed E-state index contributed by atoms with van der Waals surface area (Å²) in [4.78, 5) is 12.8. The van der Waals surface area contributed by atoms with E-state index in [1.165, 1.54) is 0 Å². The lowest BCUT2D eigenvalue weighted by molar-refractivity contribution is 0.0921. The van der Waals surface area contributed by atoms with Crippen molar-refractivity contribution in [3.05, 3.63) is 82.8 Å². The van der Waals surface area contributed by atoms with Gasteiger partial charge in [0, 0.05) is 16.5 Å². The number of ether oxygens (including phenoxy) is 1. The Balaban J connectivity index is 1.57. The van der Waals surface area contributed by atoms with E-state index in [2.05, 4.69) is 5.32 Å². The minimum Gasteiger partial charge on any atom is -0.497 e. The highest BCUT2D eigenvalue weighted by Crippen LogP contribution is 2.18. The van der Waals surface area contributed by atoms with Crippen molar-refractivity contribution in [2.75, 3.05) is 7.11 Å². The molecule has 140 valence electrons. The molecule has 0 spiro atoms. The maximum atomic E-state index is 12.4. The van der Waals surface area contributed by atoms with Crippen molar-refractivity contribution in [2.45, 2.75) is 17.2 Å². The second kappa shape index (κ2) is 8.88. The van der Waals surface area contributed by atoms with E-state index in [4.69, 9.17) is 20.8 Å². The van der Waals surface area contributed by atoms with Gasteiger partial charge in [0.1, 0.15) is 11.5 Å². The smallest absolute Gasteiger partial charge is 0.287 e. The summed E-state index contributed by atoms with van der Waals surface area (Å²) in [6.07, 6.45) is 0. The normalized spacial score (nSPS) is 11.8. The summed E-state index contributed by atoms with van der Waals surface area (Å²) >= 11 is 5.92. The first-order valence-corrected chi connectivity index (χ1v) is 9.88. The van der Waals surface area contributed by atoms with Crippen LogP contribution in [0.15, 0.2) is 70.0 Å². The van der Waals surface area contributed by atoms with Gasteiger partial charge in [0.15, 0.2) is 5.76 Å². The van der Waals surface area contributed by atoms with Crippen molar-refractivity contribution < 1.29 is 18.2 Å². The first kappa shape index (κ1) is 19.2. The maximum Gasteiger partial charge on any atom is 0.287 e. The third-order valence-corrected chi connectivity index (χ3v) is 5.39. The van der Waals surface area contributed by atoms with Crippen LogP contribution in [0, 0.1) is 0 Å². The van der Waals surface area contributed by atoms with Crippen LogP contribution in [0.5, 0.6) is 5.75 Å². The molecule has 5 nitrogen and oxygen atoms in total. The molecule has 1 amide bonds. The SMILES string of the molecule is COc1ccc(CNC(=O)c2ccc(C[S@@](=O)c3cccc(Cl)c3)o2)cc1. The van der Waals surface area contributed by atoms with Crippen molar-refractivity contribution in [3.63, 3.8) is 0 Å². The zero-order valence-electron chi connectivity index (χ0n) is 14.6. The summed E-state index contributed by atoms with van der Waals surface area (Å²) in [5.74, 6) is 1.26. The molecule has 1 N–H and O–H groups in total. The molecule has 0 bridgehead atoms. The van der Waals surface area contributed by atoms with Gasteiger partial charge in [-0.25, -0.2) is 0 Å². The highest BCUT2D eigenvalue weighted by Gasteiger charge is 2.14. The van der Waals surface area contributed by atoms with E-state index in [0.717, 1.165) is 11.3 Å². The number of amides is 1. The number of rotatable bonds is 7. The number of nitrogens with one attached hydrogen (secondary N) is 1. The van der Waals surface area contributed by atoms with Gasteiger partial charge in [-0.15, -0.1) is 0 Å². The van der Waals surface area contributed by atoms with Gasteiger partial charge in [-0.1, -0.05) is 29.8 Å². The van der Waals surface area contributed by atoms with E-state index < -0.39 is 10.8 Å². The second-order valence-electron chi connectivity index (χ2n) is 5.74. The summed E-state index contributed by atoms with van der Waals surface area (Å²) in [5, 5.41) is 3.32. The number of hydrogen-bond donors (Lipinski definition) is 1. The van der Waals surface area contributed by atoms with Gasteiger partial charge in [-0.05, 0) is 48.0 Å². The standard InChI is InChI=1S/C20H18ClNO4S/c1-25-16-7-5-14(6-8-16)12-22-20(23)19-10-9-17(26-19)13-27(24)18-4-2-3-15(21)11-18/h2-11H,12-13H2,1H3,(H,22,23)/t27-/m1/s1. The van der Waals surface area contributed by atoms with E-state index >= 15 is 0 Å². The predicted octanol–water partition coefficient (Wildman–Crippen LogP) is 4.18. The molecule has 2 aromatic carbocycles. The molecule has 1 heterocycles. The number of furan rings is 1. The Labute approximate surface area is 164 Å². The molecule has 3 aromatic rings. The van der Waals surface area contributed by atoms with Crippen LogP contribution in [-0.4, -0.2) is 17.2 Å². The Morgan fingerprint density at radius 3 is 2.63 bits per heavy atom. The average Bonchev–Trinajstić information content (AvgIpc) is 3.15. The summed E-state index contributed by atoms with van der Waals surface area (Å²) in [5.41, 5.74) is 0.943. The fourth-order valence-electron chi connectivity index (χ4n) is 2.41. The van der Waals surface area contributed by atoms with Crippen molar-refractivity contribution >= 4 is 28.3 Å². The largest absolute Gasteiger partial charge is 0.497 e. The molecular formula is C20H18ClNO4S. The lowest BCUT2D eigenvalue weighted by Gasteiger charge is -2.05. The van der Waals surface area contributed by atoms with Gasteiger partial charge < -0.3 is 14.5 Å². The van der Waals surface area contributed by atoms with Crippen molar-refractivity contribution in [3.8, 4) is 5.75 Å². The quantitative estimate of drug-likeness (QED) is 0.642. The first-order chi connectivity index (χ1) is 13.0. The lowest BCUT2D eigenvalue weighted by Crippen LogP contribution is -2.22. The molecule has 0 fully saturated rings. The zero-order chi connectivity index (χ0) is 19.2. The molecule has 0 saturated carbocycles. The number of methoxy groups -OCH3 is 1. The number of halogens is 1. The Morgan fingerprint density at radius 2 is 1.93 bits per heavy atom. The van der Waals surface area contributed by atoms with Gasteiger partial charge in [-0.2, -0.15) is 0 Å². The van der Waals surface area contributed by atoms with Crippen molar-refractivity contribution in [1.29, 1.82) is 0 Å². The molecule has 3 rings (SSSR count). The van der Waals surface area contributed by atoms with E-state index in [1.54, 1.807) is 43.5 Å². The maximum absolute atomic E-state index is 12.4. The molecule has 1 aromatic heterocycles. The number of carbonyl (C=O) groups excluding carboxylic acids is 1. The molecule has 0 aliphatic carbocycles. The van der Waals surface area contributed by atoms with Crippen LogP contribution < -0.4 is 10.1 Å². The van der Waals surface area contributed by atoms with Gasteiger partial charge in [0.05, 0.1) is 23.7 Å². The van der Waals surface area contributed by atoms with Gasteiger partial charge in [0.25, 0.3) is 5.91 Å². The summed E-state index contributed by atoms with van der Waals surface area (Å²) in [6, 6.07) is 17.5. The van der Waals surface area contributed by atoms with Gasteiger partial charge in [0.2, 0.25) is 0 Å². The van der Waals surface area contributed by atoms with E-state index in [-0.39, 0.29) is 17.4 Å². The average molecular weight is 404 g/mol. The summed E-state index contributed by atoms with van der Waals surface area (Å²) < 4.78 is 23.0. The molecule has 7 heteroatoms. The van der Waals surface area contributed by atoms with Crippen LogP contribution >= 0.6 is 11.6 Å². The van der Waals surface area contributed by atoms with E-state index in [0.29, 0.717) is 22.2 Å². The Bertz CT molecular complexity index is 953. The monoisotopic (exact) mass is 403 g/mol. The molecule has 0 radical (unpaired) electrons. The summed E-state index contributed by atoms with van der Waals surface area (Å²) in [6.45, 7) is 0.368. The van der Waals surface area contributed by atoms with E-state index in [9.17, 15) is 9.00 Å². The Hall–Kier alpha value is -2.57. The molecule has 0 aliphatic heterocycles. The number of carbonyl (C=O) groups is 1. The second-order valence-corrected chi connectivity index (χ2v) is 7.63. The molecule has 0 aliphatic rings. The van der Waals surface area contributed by atoms with Crippen LogP contribution in [0.2, 0.25) is 5.02 Å². The third kappa shape index (κ3) is 5.21. The molecular weight excluding hydrogens is 386 g/mol. The minimum atomic E-state index is -1.30. The topological polar surface area (TPSA) is 68.5 Å². The molecule has 1 atom stereocenters. The predicted molar refractivity (Wildman–Crippen MR) is 104 cm³/mol. The minimum absolute atomic E-state index is 0.173. The first-order valence-electron chi connectivity index (χ1n) is 8.19. The van der Waals surface area contributed by atoms with Gasteiger partial charge >= 0.3 is 0 Å². The van der Waals surface area contributed by atoms with Gasteiger partial charge in [-0.3, -0.25) is 9.00 Å². The third-order valence-electron chi connectivity index (χ3n) is 3.83. The molecule has 0 saturated heterocycles. The zero-order valence-corrected chi connectivity index (χ0v) is 16.2. The van der Waals surface area contributed by atoms with Crippen LogP contribution in [0.4, 0.5) is 0 Å². The highest BCUT2D eigenvalue weighted by atomic mass is 35.5. The van der Waals surface area contributed by atoms with Crippen molar-refractivity contribution in [2.24, 2.45) is 0 Å². The Morgan fingerprint density at radius 1 is 1.15 bits per heavy atom. The van der Waals surface area contributed by atoms with Crippen LogP contribution in [0.3, 0.4) is 0 Å². The van der Waals surface area contributed by atoms with E-state index in [1.807, 2.05) is 24.3 Å². The van der Waals surface area contributed by atoms with Crippen LogP contribution in [0.25, 0.3) is 0 Å². The number of benzene rings is 2. The van der Waals surface area contributed by atoms with Crippen LogP contribution in [0.1, 0.15) is 21.9 Å². The molecule has 27 heavy (non-hydrogen) atoms. The fourth-order valence-corrected chi connectivity index (χ4v) is 3.74. The summed E-state index contributed by atoms with van der Waals surface area (Å²) in [7, 11) is 0.299. The van der Waals surface area contributed by atoms with Crippen LogP contribution in [-0.2, 0) is 23.1 Å². The lowest BCUT2D eigenvalue weighted by atomic mass is 10.2. The number of hydrogen-bond acceptors (Lipinski definition) is 4. The molecule has 0 unspecified atom stereocenters. The fraction of sp³-hybridized carbons (Fsp3) is 0.150. The van der Waals surface area contributed by atoms with Crippen molar-refractivity contribution in [1.82, 2.24) is 5.32 Å². The highest BCUT2D eigenvalue weighted by molar-refractivity contribution is 7.84. The Kier molecular flexibility index (Phi) is 6.32.